The summed E-state index contributed by atoms with van der Waals surface area (Å²) in [6.45, 7) is 3.09. The number of nitrogens with zero attached hydrogens (tertiary/aromatic N) is 1. The van der Waals surface area contributed by atoms with E-state index in [2.05, 4.69) is 53.2 Å². The van der Waals surface area contributed by atoms with E-state index in [1.807, 2.05) is 6.07 Å². The number of benzene rings is 2. The summed E-state index contributed by atoms with van der Waals surface area (Å²) < 4.78 is 2.32. The molecule has 1 aliphatic rings. The summed E-state index contributed by atoms with van der Waals surface area (Å²) in [6, 6.07) is 14.8. The summed E-state index contributed by atoms with van der Waals surface area (Å²) >= 11 is 0. The average molecular weight is 348 g/mol. The summed E-state index contributed by atoms with van der Waals surface area (Å²) in [5.41, 5.74) is 3.35. The van der Waals surface area contributed by atoms with Crippen molar-refractivity contribution < 1.29 is 4.79 Å². The minimum atomic E-state index is 0.147. The van der Waals surface area contributed by atoms with E-state index in [0.29, 0.717) is 6.42 Å². The molecule has 4 rings (SSSR count). The van der Waals surface area contributed by atoms with Crippen LogP contribution in [0.4, 0.5) is 5.69 Å². The first-order valence-electron chi connectivity index (χ1n) is 10.1. The van der Waals surface area contributed by atoms with Crippen LogP contribution in [0.15, 0.2) is 42.5 Å². The minimum absolute atomic E-state index is 0.147. The van der Waals surface area contributed by atoms with Crippen molar-refractivity contribution >= 4 is 33.4 Å². The SMILES string of the molecule is CCn1c2ccccc2c2ccc(NC(=O)CCC3CCCCC3)cc21. The molecule has 3 nitrogen and oxygen atoms in total. The summed E-state index contributed by atoms with van der Waals surface area (Å²) in [4.78, 5) is 12.4. The van der Waals surface area contributed by atoms with Gasteiger partial charge in [0.15, 0.2) is 0 Å². The van der Waals surface area contributed by atoms with Crippen LogP contribution in [0.1, 0.15) is 51.9 Å². The lowest BCUT2D eigenvalue weighted by atomic mass is 9.86. The van der Waals surface area contributed by atoms with Gasteiger partial charge in [0.1, 0.15) is 0 Å². The molecule has 1 N–H and O–H groups in total. The molecule has 1 amide bonds. The van der Waals surface area contributed by atoms with Gasteiger partial charge in [0.05, 0.1) is 5.52 Å². The van der Waals surface area contributed by atoms with Crippen LogP contribution in [0, 0.1) is 5.92 Å². The Bertz CT molecular complexity index is 918. The van der Waals surface area contributed by atoms with Crippen molar-refractivity contribution in [3.63, 3.8) is 0 Å². The Labute approximate surface area is 155 Å². The van der Waals surface area contributed by atoms with E-state index in [0.717, 1.165) is 24.6 Å². The molecule has 3 heteroatoms. The number of carbonyl (C=O) groups excluding carboxylic acids is 1. The second-order valence-electron chi connectivity index (χ2n) is 7.58. The third-order valence-corrected chi connectivity index (χ3v) is 5.88. The van der Waals surface area contributed by atoms with Gasteiger partial charge in [-0.2, -0.15) is 0 Å². The van der Waals surface area contributed by atoms with E-state index >= 15 is 0 Å². The van der Waals surface area contributed by atoms with E-state index in [1.54, 1.807) is 0 Å². The van der Waals surface area contributed by atoms with Gasteiger partial charge < -0.3 is 9.88 Å². The zero-order valence-corrected chi connectivity index (χ0v) is 15.6. The predicted octanol–water partition coefficient (Wildman–Crippen LogP) is 6.11. The van der Waals surface area contributed by atoms with Gasteiger partial charge in [0.25, 0.3) is 0 Å². The second-order valence-corrected chi connectivity index (χ2v) is 7.58. The molecular formula is C23H28N2O. The van der Waals surface area contributed by atoms with Crippen LogP contribution in [-0.2, 0) is 11.3 Å². The maximum atomic E-state index is 12.4. The zero-order valence-electron chi connectivity index (χ0n) is 15.6. The lowest BCUT2D eigenvalue weighted by Crippen LogP contribution is -2.14. The molecule has 0 bridgehead atoms. The molecule has 26 heavy (non-hydrogen) atoms. The van der Waals surface area contributed by atoms with Gasteiger partial charge in [-0.25, -0.2) is 0 Å². The summed E-state index contributed by atoms with van der Waals surface area (Å²) in [5, 5.41) is 5.65. The third-order valence-electron chi connectivity index (χ3n) is 5.88. The van der Waals surface area contributed by atoms with E-state index in [9.17, 15) is 4.79 Å². The number of aromatic nitrogens is 1. The van der Waals surface area contributed by atoms with Crippen molar-refractivity contribution in [2.45, 2.75) is 58.4 Å². The predicted molar refractivity (Wildman–Crippen MR) is 110 cm³/mol. The van der Waals surface area contributed by atoms with Gasteiger partial charge in [0.2, 0.25) is 5.91 Å². The smallest absolute Gasteiger partial charge is 0.224 e. The number of amides is 1. The van der Waals surface area contributed by atoms with Gasteiger partial charge in [-0.1, -0.05) is 56.4 Å². The highest BCUT2D eigenvalue weighted by molar-refractivity contribution is 6.09. The number of hydrogen-bond acceptors (Lipinski definition) is 1. The van der Waals surface area contributed by atoms with E-state index in [4.69, 9.17) is 0 Å². The number of rotatable bonds is 5. The fourth-order valence-electron chi connectivity index (χ4n) is 4.50. The summed E-state index contributed by atoms with van der Waals surface area (Å²) in [5.74, 6) is 0.897. The number of aryl methyl sites for hydroxylation is 1. The van der Waals surface area contributed by atoms with Crippen molar-refractivity contribution in [1.82, 2.24) is 4.57 Å². The number of para-hydroxylation sites is 1. The fraction of sp³-hybridized carbons (Fsp3) is 0.435. The molecule has 1 aliphatic carbocycles. The molecule has 1 saturated carbocycles. The van der Waals surface area contributed by atoms with Crippen molar-refractivity contribution in [3.8, 4) is 0 Å². The molecule has 0 spiro atoms. The Morgan fingerprint density at radius 2 is 1.81 bits per heavy atom. The Hall–Kier alpha value is -2.29. The van der Waals surface area contributed by atoms with Crippen LogP contribution >= 0.6 is 0 Å². The average Bonchev–Trinajstić information content (AvgIpc) is 3.00. The number of nitrogens with one attached hydrogen (secondary N) is 1. The second kappa shape index (κ2) is 7.53. The third kappa shape index (κ3) is 3.35. The van der Waals surface area contributed by atoms with Crippen LogP contribution in [-0.4, -0.2) is 10.5 Å². The van der Waals surface area contributed by atoms with Gasteiger partial charge in [0, 0.05) is 34.9 Å². The molecule has 3 aromatic rings. The number of fused-ring (bicyclic) bond motifs is 3. The normalized spacial score (nSPS) is 15.6. The van der Waals surface area contributed by atoms with Crippen molar-refractivity contribution in [2.75, 3.05) is 5.32 Å². The topological polar surface area (TPSA) is 34.0 Å². The first-order valence-corrected chi connectivity index (χ1v) is 10.1. The molecule has 136 valence electrons. The van der Waals surface area contributed by atoms with Gasteiger partial charge in [-0.05, 0) is 37.5 Å². The van der Waals surface area contributed by atoms with Crippen LogP contribution in [0.2, 0.25) is 0 Å². The van der Waals surface area contributed by atoms with Gasteiger partial charge in [-0.3, -0.25) is 4.79 Å². The lowest BCUT2D eigenvalue weighted by Gasteiger charge is -2.21. The maximum Gasteiger partial charge on any atom is 0.224 e. The standard InChI is InChI=1S/C23H28N2O/c1-2-25-21-11-7-6-10-19(21)20-14-13-18(16-22(20)25)24-23(26)15-12-17-8-4-3-5-9-17/h6-7,10-11,13-14,16-17H,2-5,8-9,12,15H2,1H3,(H,24,26). The van der Waals surface area contributed by atoms with E-state index in [1.165, 1.54) is 53.9 Å². The van der Waals surface area contributed by atoms with E-state index < -0.39 is 0 Å². The number of anilines is 1. The van der Waals surface area contributed by atoms with E-state index in [-0.39, 0.29) is 5.91 Å². The molecule has 1 heterocycles. The molecule has 0 aliphatic heterocycles. The minimum Gasteiger partial charge on any atom is -0.341 e. The molecule has 2 aromatic carbocycles. The highest BCUT2D eigenvalue weighted by Crippen LogP contribution is 2.31. The van der Waals surface area contributed by atoms with Crippen LogP contribution < -0.4 is 5.32 Å². The molecular weight excluding hydrogens is 320 g/mol. The largest absolute Gasteiger partial charge is 0.341 e. The lowest BCUT2D eigenvalue weighted by molar-refractivity contribution is -0.116. The van der Waals surface area contributed by atoms with Crippen molar-refractivity contribution in [1.29, 1.82) is 0 Å². The first-order chi connectivity index (χ1) is 12.8. The molecule has 0 unspecified atom stereocenters. The Morgan fingerprint density at radius 1 is 1.04 bits per heavy atom. The van der Waals surface area contributed by atoms with Gasteiger partial charge in [-0.15, -0.1) is 0 Å². The number of hydrogen-bond donors (Lipinski definition) is 1. The zero-order chi connectivity index (χ0) is 17.9. The molecule has 1 fully saturated rings. The van der Waals surface area contributed by atoms with Crippen molar-refractivity contribution in [3.05, 3.63) is 42.5 Å². The van der Waals surface area contributed by atoms with Crippen molar-refractivity contribution in [2.24, 2.45) is 5.92 Å². The quantitative estimate of drug-likeness (QED) is 0.592. The molecule has 0 atom stereocenters. The fourth-order valence-corrected chi connectivity index (χ4v) is 4.50. The van der Waals surface area contributed by atoms with Gasteiger partial charge >= 0.3 is 0 Å². The Morgan fingerprint density at radius 3 is 2.62 bits per heavy atom. The highest BCUT2D eigenvalue weighted by atomic mass is 16.1. The summed E-state index contributed by atoms with van der Waals surface area (Å²) in [7, 11) is 0. The van der Waals surface area contributed by atoms with Crippen LogP contribution in [0.25, 0.3) is 21.8 Å². The maximum absolute atomic E-state index is 12.4. The van der Waals surface area contributed by atoms with Crippen LogP contribution in [0.5, 0.6) is 0 Å². The molecule has 0 radical (unpaired) electrons. The molecule has 0 saturated heterocycles. The Kier molecular flexibility index (Phi) is 4.96. The Balaban J connectivity index is 1.51. The first kappa shape index (κ1) is 17.1. The van der Waals surface area contributed by atoms with Crippen LogP contribution in [0.3, 0.4) is 0 Å². The number of carbonyl (C=O) groups is 1. The summed E-state index contributed by atoms with van der Waals surface area (Å²) in [6.07, 6.45) is 8.32. The molecule has 1 aromatic heterocycles. The monoisotopic (exact) mass is 348 g/mol. The highest BCUT2D eigenvalue weighted by Gasteiger charge is 2.15.